The molecule has 0 aliphatic rings. The van der Waals surface area contributed by atoms with Gasteiger partial charge in [0.15, 0.2) is 0 Å². The van der Waals surface area contributed by atoms with Crippen LogP contribution in [0.3, 0.4) is 0 Å². The second-order valence-electron chi connectivity index (χ2n) is 2.61. The quantitative estimate of drug-likeness (QED) is 0.255. The SMILES string of the molecule is C#CCC(CCCOCC)NN. The number of hydrazine groups is 1. The molecule has 0 radical (unpaired) electrons. The van der Waals surface area contributed by atoms with E-state index in [0.29, 0.717) is 6.42 Å². The molecule has 12 heavy (non-hydrogen) atoms. The molecule has 0 saturated heterocycles. The first-order chi connectivity index (χ1) is 5.85. The molecule has 0 aliphatic carbocycles. The smallest absolute Gasteiger partial charge is 0.0466 e. The maximum Gasteiger partial charge on any atom is 0.0466 e. The molecule has 0 rings (SSSR count). The van der Waals surface area contributed by atoms with Gasteiger partial charge in [-0.1, -0.05) is 0 Å². The fourth-order valence-corrected chi connectivity index (χ4v) is 0.963. The highest BCUT2D eigenvalue weighted by molar-refractivity contribution is 4.88. The van der Waals surface area contributed by atoms with E-state index >= 15 is 0 Å². The molecule has 3 heteroatoms. The lowest BCUT2D eigenvalue weighted by Crippen LogP contribution is -2.34. The van der Waals surface area contributed by atoms with Crippen LogP contribution in [0.1, 0.15) is 26.2 Å². The number of rotatable bonds is 7. The minimum Gasteiger partial charge on any atom is -0.382 e. The molecule has 0 bridgehead atoms. The largest absolute Gasteiger partial charge is 0.382 e. The van der Waals surface area contributed by atoms with Crippen molar-refractivity contribution < 1.29 is 4.74 Å². The van der Waals surface area contributed by atoms with E-state index in [1.165, 1.54) is 0 Å². The molecule has 0 aromatic carbocycles. The van der Waals surface area contributed by atoms with Gasteiger partial charge < -0.3 is 4.74 Å². The number of hydrogen-bond acceptors (Lipinski definition) is 3. The number of hydrogen-bond donors (Lipinski definition) is 2. The van der Waals surface area contributed by atoms with Crippen LogP contribution in [0.2, 0.25) is 0 Å². The standard InChI is InChI=1S/C9H18N2O/c1-3-6-9(11-10)7-5-8-12-4-2/h1,9,11H,4-8,10H2,2H3. The molecule has 0 heterocycles. The average Bonchev–Trinajstić information content (AvgIpc) is 2.10. The van der Waals surface area contributed by atoms with Crippen molar-refractivity contribution in [1.29, 1.82) is 0 Å². The van der Waals surface area contributed by atoms with Crippen LogP contribution in [-0.2, 0) is 4.74 Å². The summed E-state index contributed by atoms with van der Waals surface area (Å²) >= 11 is 0. The van der Waals surface area contributed by atoms with E-state index in [9.17, 15) is 0 Å². The van der Waals surface area contributed by atoms with Crippen molar-refractivity contribution in [2.45, 2.75) is 32.2 Å². The van der Waals surface area contributed by atoms with E-state index in [1.807, 2.05) is 6.92 Å². The summed E-state index contributed by atoms with van der Waals surface area (Å²) in [5.41, 5.74) is 2.68. The number of terminal acetylenes is 1. The monoisotopic (exact) mass is 170 g/mol. The first kappa shape index (κ1) is 11.4. The van der Waals surface area contributed by atoms with E-state index in [1.54, 1.807) is 0 Å². The fourth-order valence-electron chi connectivity index (χ4n) is 0.963. The van der Waals surface area contributed by atoms with Gasteiger partial charge in [0.25, 0.3) is 0 Å². The lowest BCUT2D eigenvalue weighted by atomic mass is 10.1. The van der Waals surface area contributed by atoms with Gasteiger partial charge in [0.1, 0.15) is 0 Å². The van der Waals surface area contributed by atoms with Crippen LogP contribution in [0, 0.1) is 12.3 Å². The van der Waals surface area contributed by atoms with Crippen molar-refractivity contribution in [3.8, 4) is 12.3 Å². The van der Waals surface area contributed by atoms with Crippen molar-refractivity contribution in [3.63, 3.8) is 0 Å². The van der Waals surface area contributed by atoms with Crippen molar-refractivity contribution in [3.05, 3.63) is 0 Å². The molecule has 0 saturated carbocycles. The summed E-state index contributed by atoms with van der Waals surface area (Å²) in [6, 6.07) is 0.232. The minimum absolute atomic E-state index is 0.232. The summed E-state index contributed by atoms with van der Waals surface area (Å²) < 4.78 is 5.19. The Bertz CT molecular complexity index is 131. The lowest BCUT2D eigenvalue weighted by molar-refractivity contribution is 0.141. The summed E-state index contributed by atoms with van der Waals surface area (Å²) in [6.45, 7) is 3.55. The zero-order valence-corrected chi connectivity index (χ0v) is 7.68. The van der Waals surface area contributed by atoms with Gasteiger partial charge in [-0.05, 0) is 19.8 Å². The van der Waals surface area contributed by atoms with Gasteiger partial charge in [0.2, 0.25) is 0 Å². The van der Waals surface area contributed by atoms with Crippen molar-refractivity contribution in [2.24, 2.45) is 5.84 Å². The van der Waals surface area contributed by atoms with Gasteiger partial charge in [-0.25, -0.2) is 0 Å². The van der Waals surface area contributed by atoms with Gasteiger partial charge in [-0.2, -0.15) is 0 Å². The molecule has 0 aromatic heterocycles. The Hall–Kier alpha value is -0.560. The fraction of sp³-hybridized carbons (Fsp3) is 0.778. The summed E-state index contributed by atoms with van der Waals surface area (Å²) in [7, 11) is 0. The molecule has 0 fully saturated rings. The van der Waals surface area contributed by atoms with Crippen LogP contribution in [-0.4, -0.2) is 19.3 Å². The van der Waals surface area contributed by atoms with Gasteiger partial charge in [-0.3, -0.25) is 11.3 Å². The summed E-state index contributed by atoms with van der Waals surface area (Å²) in [5.74, 6) is 7.86. The number of nitrogens with one attached hydrogen (secondary N) is 1. The Morgan fingerprint density at radius 2 is 2.42 bits per heavy atom. The third kappa shape index (κ3) is 6.17. The molecule has 0 aromatic rings. The van der Waals surface area contributed by atoms with Gasteiger partial charge >= 0.3 is 0 Å². The molecule has 0 spiro atoms. The Morgan fingerprint density at radius 1 is 1.67 bits per heavy atom. The van der Waals surface area contributed by atoms with E-state index in [4.69, 9.17) is 17.0 Å². The van der Waals surface area contributed by atoms with Crippen LogP contribution >= 0.6 is 0 Å². The molecule has 0 aliphatic heterocycles. The Morgan fingerprint density at radius 3 is 2.92 bits per heavy atom. The van der Waals surface area contributed by atoms with Gasteiger partial charge in [0.05, 0.1) is 0 Å². The van der Waals surface area contributed by atoms with E-state index in [0.717, 1.165) is 26.1 Å². The number of ether oxygens (including phenoxy) is 1. The Balaban J connectivity index is 3.26. The van der Waals surface area contributed by atoms with Gasteiger partial charge in [0, 0.05) is 25.7 Å². The molecule has 1 atom stereocenters. The molecule has 70 valence electrons. The predicted octanol–water partition coefficient (Wildman–Crippen LogP) is 0.658. The Labute approximate surface area is 74.6 Å². The maximum atomic E-state index is 5.29. The third-order valence-corrected chi connectivity index (χ3v) is 1.65. The zero-order valence-electron chi connectivity index (χ0n) is 7.68. The molecule has 0 amide bonds. The topological polar surface area (TPSA) is 47.3 Å². The zero-order chi connectivity index (χ0) is 9.23. The molecule has 3 nitrogen and oxygen atoms in total. The predicted molar refractivity (Wildman–Crippen MR) is 50.3 cm³/mol. The van der Waals surface area contributed by atoms with Crippen LogP contribution in [0.15, 0.2) is 0 Å². The lowest BCUT2D eigenvalue weighted by Gasteiger charge is -2.11. The van der Waals surface area contributed by atoms with Crippen LogP contribution in [0.4, 0.5) is 0 Å². The molecule has 1 unspecified atom stereocenters. The second-order valence-corrected chi connectivity index (χ2v) is 2.61. The first-order valence-corrected chi connectivity index (χ1v) is 4.32. The van der Waals surface area contributed by atoms with E-state index < -0.39 is 0 Å². The molecule has 3 N–H and O–H groups in total. The summed E-state index contributed by atoms with van der Waals surface area (Å²) in [4.78, 5) is 0. The highest BCUT2D eigenvalue weighted by Gasteiger charge is 2.02. The average molecular weight is 170 g/mol. The van der Waals surface area contributed by atoms with E-state index in [2.05, 4.69) is 11.3 Å². The van der Waals surface area contributed by atoms with Crippen LogP contribution in [0.25, 0.3) is 0 Å². The van der Waals surface area contributed by atoms with Crippen molar-refractivity contribution >= 4 is 0 Å². The van der Waals surface area contributed by atoms with Crippen molar-refractivity contribution in [1.82, 2.24) is 5.43 Å². The molecular formula is C9H18N2O. The minimum atomic E-state index is 0.232. The van der Waals surface area contributed by atoms with Crippen LogP contribution < -0.4 is 11.3 Å². The first-order valence-electron chi connectivity index (χ1n) is 4.32. The summed E-state index contributed by atoms with van der Waals surface area (Å²) in [5, 5.41) is 0. The van der Waals surface area contributed by atoms with Gasteiger partial charge in [-0.15, -0.1) is 12.3 Å². The normalized spacial score (nSPS) is 12.4. The molecular weight excluding hydrogens is 152 g/mol. The summed E-state index contributed by atoms with van der Waals surface area (Å²) in [6.07, 6.45) is 7.82. The van der Waals surface area contributed by atoms with Crippen molar-refractivity contribution in [2.75, 3.05) is 13.2 Å². The van der Waals surface area contributed by atoms with E-state index in [-0.39, 0.29) is 6.04 Å². The highest BCUT2D eigenvalue weighted by Crippen LogP contribution is 2.00. The Kier molecular flexibility index (Phi) is 8.14. The highest BCUT2D eigenvalue weighted by atomic mass is 16.5. The third-order valence-electron chi connectivity index (χ3n) is 1.65. The number of nitrogens with two attached hydrogens (primary N) is 1. The maximum absolute atomic E-state index is 5.29. The van der Waals surface area contributed by atoms with Crippen LogP contribution in [0.5, 0.6) is 0 Å². The second kappa shape index (κ2) is 8.54.